The lowest BCUT2D eigenvalue weighted by Gasteiger charge is -2.48. The molecule has 1 aromatic rings. The quantitative estimate of drug-likeness (QED) is 0.846. The number of anilines is 1. The highest BCUT2D eigenvalue weighted by Gasteiger charge is 2.47. The van der Waals surface area contributed by atoms with E-state index in [1.807, 2.05) is 32.0 Å². The maximum atomic E-state index is 12.9. The van der Waals surface area contributed by atoms with Crippen LogP contribution in [0.2, 0.25) is 0 Å². The van der Waals surface area contributed by atoms with Gasteiger partial charge >= 0.3 is 0 Å². The van der Waals surface area contributed by atoms with Gasteiger partial charge in [0.05, 0.1) is 20.1 Å². The Hall–Kier alpha value is -1.35. The molecule has 0 saturated carbocycles. The van der Waals surface area contributed by atoms with Crippen LogP contribution in [0.3, 0.4) is 0 Å². The number of hydrogen-bond acceptors (Lipinski definition) is 1. The van der Waals surface area contributed by atoms with Crippen molar-refractivity contribution in [1.29, 1.82) is 0 Å². The summed E-state index contributed by atoms with van der Waals surface area (Å²) in [7, 11) is 2.23. The lowest BCUT2D eigenvalue weighted by atomic mass is 9.93. The zero-order valence-corrected chi connectivity index (χ0v) is 14.1. The van der Waals surface area contributed by atoms with Crippen LogP contribution in [-0.4, -0.2) is 36.1 Å². The summed E-state index contributed by atoms with van der Waals surface area (Å²) < 4.78 is 0.837. The number of piperidine rings is 1. The van der Waals surface area contributed by atoms with E-state index in [0.717, 1.165) is 34.4 Å². The van der Waals surface area contributed by atoms with E-state index in [1.54, 1.807) is 0 Å². The van der Waals surface area contributed by atoms with Crippen molar-refractivity contribution in [2.45, 2.75) is 52.5 Å². The molecule has 1 N–H and O–H groups in total. The molecule has 0 aromatic heterocycles. The molecular formula is C18H29N2O+. The first-order valence-corrected chi connectivity index (χ1v) is 8.00. The highest BCUT2D eigenvalue weighted by molar-refractivity contribution is 5.97. The topological polar surface area (TPSA) is 29.1 Å². The average molecular weight is 289 g/mol. The third kappa shape index (κ3) is 2.98. The Labute approximate surface area is 128 Å². The molecule has 1 aromatic carbocycles. The molecule has 1 aliphatic heterocycles. The number of nitrogens with one attached hydrogen (secondary N) is 1. The van der Waals surface area contributed by atoms with Crippen LogP contribution in [0.25, 0.3) is 0 Å². The molecule has 0 unspecified atom stereocenters. The van der Waals surface area contributed by atoms with Crippen molar-refractivity contribution in [2.75, 3.05) is 25.5 Å². The highest BCUT2D eigenvalue weighted by Crippen LogP contribution is 2.30. The maximum Gasteiger partial charge on any atom is 0.285 e. The first-order chi connectivity index (χ1) is 9.78. The second kappa shape index (κ2) is 5.80. The van der Waals surface area contributed by atoms with Crippen molar-refractivity contribution in [3.63, 3.8) is 0 Å². The van der Waals surface area contributed by atoms with E-state index in [4.69, 9.17) is 0 Å². The van der Waals surface area contributed by atoms with E-state index < -0.39 is 5.54 Å². The second-order valence-electron chi connectivity index (χ2n) is 7.18. The van der Waals surface area contributed by atoms with Crippen LogP contribution in [0, 0.1) is 13.8 Å². The van der Waals surface area contributed by atoms with E-state index in [0.29, 0.717) is 0 Å². The molecule has 1 saturated heterocycles. The maximum absolute atomic E-state index is 12.9. The van der Waals surface area contributed by atoms with Crippen LogP contribution in [0.1, 0.15) is 44.2 Å². The number of nitrogens with zero attached hydrogens (tertiary/aromatic N) is 1. The first-order valence-electron chi connectivity index (χ1n) is 8.00. The third-order valence-corrected chi connectivity index (χ3v) is 5.43. The summed E-state index contributed by atoms with van der Waals surface area (Å²) in [4.78, 5) is 12.9. The van der Waals surface area contributed by atoms with Gasteiger partial charge in [0.2, 0.25) is 0 Å². The molecule has 2 rings (SSSR count). The molecule has 3 nitrogen and oxygen atoms in total. The number of carbonyl (C=O) groups is 1. The lowest BCUT2D eigenvalue weighted by molar-refractivity contribution is -0.949. The Morgan fingerprint density at radius 3 is 2.14 bits per heavy atom. The Bertz CT molecular complexity index is 508. The smallest absolute Gasteiger partial charge is 0.285 e. The van der Waals surface area contributed by atoms with Crippen LogP contribution < -0.4 is 5.32 Å². The molecular weight excluding hydrogens is 260 g/mol. The molecule has 116 valence electrons. The van der Waals surface area contributed by atoms with Crippen molar-refractivity contribution >= 4 is 11.6 Å². The summed E-state index contributed by atoms with van der Waals surface area (Å²) >= 11 is 0. The van der Waals surface area contributed by atoms with Gasteiger partial charge in [0, 0.05) is 5.69 Å². The number of amides is 1. The van der Waals surface area contributed by atoms with Crippen LogP contribution in [0.4, 0.5) is 5.69 Å². The average Bonchev–Trinajstić information content (AvgIpc) is 2.43. The third-order valence-electron chi connectivity index (χ3n) is 5.43. The Morgan fingerprint density at radius 2 is 1.62 bits per heavy atom. The number of likely N-dealkylation sites (N-methyl/N-ethyl adjacent to an activating group) is 1. The molecule has 3 heteroatoms. The number of aryl methyl sites for hydroxylation is 2. The molecule has 0 atom stereocenters. The van der Waals surface area contributed by atoms with Crippen LogP contribution in [0.5, 0.6) is 0 Å². The van der Waals surface area contributed by atoms with Gasteiger partial charge in [0.25, 0.3) is 5.91 Å². The predicted octanol–water partition coefficient (Wildman–Crippen LogP) is 3.65. The van der Waals surface area contributed by atoms with Crippen LogP contribution in [-0.2, 0) is 4.79 Å². The van der Waals surface area contributed by atoms with Crippen molar-refractivity contribution in [1.82, 2.24) is 0 Å². The van der Waals surface area contributed by atoms with E-state index in [-0.39, 0.29) is 5.91 Å². The van der Waals surface area contributed by atoms with Gasteiger partial charge in [0.1, 0.15) is 0 Å². The molecule has 0 bridgehead atoms. The van der Waals surface area contributed by atoms with Gasteiger partial charge < -0.3 is 9.80 Å². The van der Waals surface area contributed by atoms with Gasteiger partial charge in [-0.2, -0.15) is 0 Å². The zero-order valence-electron chi connectivity index (χ0n) is 14.1. The van der Waals surface area contributed by atoms with Gasteiger partial charge in [-0.1, -0.05) is 18.2 Å². The summed E-state index contributed by atoms with van der Waals surface area (Å²) in [5, 5.41) is 3.19. The van der Waals surface area contributed by atoms with Crippen molar-refractivity contribution in [3.05, 3.63) is 29.3 Å². The fourth-order valence-electron chi connectivity index (χ4n) is 3.29. The monoisotopic (exact) mass is 289 g/mol. The van der Waals surface area contributed by atoms with Crippen LogP contribution >= 0.6 is 0 Å². The Kier molecular flexibility index (Phi) is 4.43. The van der Waals surface area contributed by atoms with Crippen molar-refractivity contribution in [3.8, 4) is 0 Å². The molecule has 0 radical (unpaired) electrons. The van der Waals surface area contributed by atoms with Gasteiger partial charge in [-0.3, -0.25) is 4.79 Å². The van der Waals surface area contributed by atoms with Crippen molar-refractivity contribution in [2.24, 2.45) is 0 Å². The van der Waals surface area contributed by atoms with Gasteiger partial charge in [-0.25, -0.2) is 0 Å². The zero-order chi connectivity index (χ0) is 15.7. The van der Waals surface area contributed by atoms with Crippen molar-refractivity contribution < 1.29 is 9.28 Å². The minimum Gasteiger partial charge on any atom is -0.320 e. The predicted molar refractivity (Wildman–Crippen MR) is 88.4 cm³/mol. The number of hydrogen-bond donors (Lipinski definition) is 1. The van der Waals surface area contributed by atoms with E-state index in [9.17, 15) is 4.79 Å². The summed E-state index contributed by atoms with van der Waals surface area (Å²) in [6, 6.07) is 6.13. The summed E-state index contributed by atoms with van der Waals surface area (Å²) in [5.41, 5.74) is 2.81. The Morgan fingerprint density at radius 1 is 1.10 bits per heavy atom. The fraction of sp³-hybridized carbons (Fsp3) is 0.611. The standard InChI is InChI=1S/C18H28N2O/c1-14-10-9-11-15(2)16(14)19-17(21)18(3,4)20(5)12-7-6-8-13-20/h9-11H,6-8,12-13H2,1-5H3/p+1. The minimum atomic E-state index is -0.408. The minimum absolute atomic E-state index is 0.129. The Balaban J connectivity index is 2.22. The lowest BCUT2D eigenvalue weighted by Crippen LogP contribution is -2.66. The molecule has 21 heavy (non-hydrogen) atoms. The highest BCUT2D eigenvalue weighted by atomic mass is 16.2. The largest absolute Gasteiger partial charge is 0.320 e. The first kappa shape index (κ1) is 16.0. The number of likely N-dealkylation sites (tertiary alicyclic amines) is 1. The summed E-state index contributed by atoms with van der Waals surface area (Å²) in [6.45, 7) is 10.4. The van der Waals surface area contributed by atoms with E-state index in [2.05, 4.69) is 26.2 Å². The number of benzene rings is 1. The number of para-hydroxylation sites is 1. The molecule has 1 heterocycles. The van der Waals surface area contributed by atoms with Crippen LogP contribution in [0.15, 0.2) is 18.2 Å². The van der Waals surface area contributed by atoms with Gasteiger partial charge in [-0.05, 0) is 58.1 Å². The van der Waals surface area contributed by atoms with Gasteiger partial charge in [0.15, 0.2) is 5.54 Å². The molecule has 0 aliphatic carbocycles. The number of quaternary nitrogens is 1. The fourth-order valence-corrected chi connectivity index (χ4v) is 3.29. The van der Waals surface area contributed by atoms with E-state index >= 15 is 0 Å². The SMILES string of the molecule is Cc1cccc(C)c1NC(=O)C(C)(C)[N+]1(C)CCCCC1. The number of rotatable bonds is 3. The second-order valence-corrected chi connectivity index (χ2v) is 7.18. The van der Waals surface area contributed by atoms with Gasteiger partial charge in [-0.15, -0.1) is 0 Å². The molecule has 1 amide bonds. The summed E-state index contributed by atoms with van der Waals surface area (Å²) in [5.74, 6) is 0.129. The van der Waals surface area contributed by atoms with E-state index in [1.165, 1.54) is 19.3 Å². The molecule has 1 fully saturated rings. The number of carbonyl (C=O) groups excluding carboxylic acids is 1. The molecule has 0 spiro atoms. The normalized spacial score (nSPS) is 18.3. The summed E-state index contributed by atoms with van der Waals surface area (Å²) in [6.07, 6.45) is 3.73. The molecule has 1 aliphatic rings.